The van der Waals surface area contributed by atoms with Crippen molar-refractivity contribution in [2.45, 2.75) is 38.5 Å². The number of hydrogen-bond acceptors (Lipinski definition) is 4. The van der Waals surface area contributed by atoms with E-state index in [-0.39, 0.29) is 0 Å². The average Bonchev–Trinajstić information content (AvgIpc) is 3.04. The summed E-state index contributed by atoms with van der Waals surface area (Å²) in [6.07, 6.45) is 13.9. The first-order valence-corrected chi connectivity index (χ1v) is 14.9. The maximum Gasteiger partial charge on any atom is 0.119 e. The number of pyridine rings is 2. The number of fused-ring (bicyclic) bond motifs is 2. The van der Waals surface area contributed by atoms with Crippen molar-refractivity contribution in [1.82, 2.24) is 9.97 Å². The van der Waals surface area contributed by atoms with Crippen LogP contribution in [0.1, 0.15) is 47.9 Å². The molecule has 0 atom stereocenters. The van der Waals surface area contributed by atoms with Crippen molar-refractivity contribution in [3.05, 3.63) is 144 Å². The molecule has 4 heteroatoms. The van der Waals surface area contributed by atoms with Gasteiger partial charge in [-0.2, -0.15) is 0 Å². The van der Waals surface area contributed by atoms with Crippen LogP contribution in [0, 0.1) is 0 Å². The van der Waals surface area contributed by atoms with Crippen LogP contribution in [-0.4, -0.2) is 23.2 Å². The number of benzene rings is 4. The predicted molar refractivity (Wildman–Crippen MR) is 171 cm³/mol. The Bertz CT molecular complexity index is 1590. The van der Waals surface area contributed by atoms with Crippen LogP contribution >= 0.6 is 0 Å². The van der Waals surface area contributed by atoms with Gasteiger partial charge in [-0.15, -0.1) is 0 Å². The molecule has 0 fully saturated rings. The van der Waals surface area contributed by atoms with Crippen molar-refractivity contribution in [1.29, 1.82) is 0 Å². The van der Waals surface area contributed by atoms with Crippen LogP contribution in [0.5, 0.6) is 11.5 Å². The highest BCUT2D eigenvalue weighted by molar-refractivity contribution is 5.85. The third kappa shape index (κ3) is 7.13. The molecule has 4 aromatic carbocycles. The van der Waals surface area contributed by atoms with Crippen molar-refractivity contribution in [3.63, 3.8) is 0 Å². The minimum absolute atomic E-state index is 0.737. The standard InChI is InChI=1S/C38H36N2O2/c1(7-21-41-35-17-13-29(14-18-35)23-33-27-39-25-31-9-3-5-11-37(31)33)2-8-22-42-36-19-15-30(16-20-36)24-34-28-40-26-32-10-4-6-12-38(32)34/h3-6,9-20,25-28H,1-2,7-8,21-24H2. The van der Waals surface area contributed by atoms with Gasteiger partial charge < -0.3 is 9.47 Å². The van der Waals surface area contributed by atoms with E-state index in [1.165, 1.54) is 43.8 Å². The Morgan fingerprint density at radius 1 is 0.429 bits per heavy atom. The van der Waals surface area contributed by atoms with Gasteiger partial charge in [-0.1, -0.05) is 72.8 Å². The minimum Gasteiger partial charge on any atom is -0.494 e. The predicted octanol–water partition coefficient (Wildman–Crippen LogP) is 8.98. The van der Waals surface area contributed by atoms with Crippen molar-refractivity contribution in [2.24, 2.45) is 0 Å². The fraction of sp³-hybridized carbons (Fsp3) is 0.211. The molecule has 0 unspecified atom stereocenters. The van der Waals surface area contributed by atoms with Crippen LogP contribution in [0.2, 0.25) is 0 Å². The lowest BCUT2D eigenvalue weighted by Crippen LogP contribution is -2.00. The van der Waals surface area contributed by atoms with E-state index < -0.39 is 0 Å². The monoisotopic (exact) mass is 552 g/mol. The molecule has 0 radical (unpaired) electrons. The summed E-state index contributed by atoms with van der Waals surface area (Å²) < 4.78 is 12.0. The van der Waals surface area contributed by atoms with Crippen LogP contribution in [0.15, 0.2) is 122 Å². The molecule has 4 nitrogen and oxygen atoms in total. The third-order valence-electron chi connectivity index (χ3n) is 7.71. The lowest BCUT2D eigenvalue weighted by Gasteiger charge is -2.10. The molecule has 0 spiro atoms. The molecule has 0 aliphatic rings. The summed E-state index contributed by atoms with van der Waals surface area (Å²) in [5.74, 6) is 1.86. The quantitative estimate of drug-likeness (QED) is 0.134. The highest BCUT2D eigenvalue weighted by atomic mass is 16.5. The highest BCUT2D eigenvalue weighted by Gasteiger charge is 2.05. The Morgan fingerprint density at radius 3 is 1.31 bits per heavy atom. The molecule has 210 valence electrons. The maximum absolute atomic E-state index is 5.99. The van der Waals surface area contributed by atoms with Crippen molar-refractivity contribution >= 4 is 21.5 Å². The van der Waals surface area contributed by atoms with Crippen LogP contribution < -0.4 is 9.47 Å². The highest BCUT2D eigenvalue weighted by Crippen LogP contribution is 2.23. The lowest BCUT2D eigenvalue weighted by molar-refractivity contribution is 0.287. The van der Waals surface area contributed by atoms with Crippen molar-refractivity contribution < 1.29 is 9.47 Å². The summed E-state index contributed by atoms with van der Waals surface area (Å²) in [7, 11) is 0. The molecular formula is C38H36N2O2. The Hall–Kier alpha value is -4.70. The Balaban J connectivity index is 0.865. The van der Waals surface area contributed by atoms with Gasteiger partial charge in [0, 0.05) is 35.6 Å². The van der Waals surface area contributed by atoms with E-state index in [0.29, 0.717) is 0 Å². The molecular weight excluding hydrogens is 516 g/mol. The third-order valence-corrected chi connectivity index (χ3v) is 7.71. The number of rotatable bonds is 13. The van der Waals surface area contributed by atoms with Crippen LogP contribution in [0.4, 0.5) is 0 Å². The Kier molecular flexibility index (Phi) is 9.01. The van der Waals surface area contributed by atoms with Crippen LogP contribution in [-0.2, 0) is 12.8 Å². The average molecular weight is 553 g/mol. The van der Waals surface area contributed by atoms with E-state index in [4.69, 9.17) is 9.47 Å². The number of hydrogen-bond donors (Lipinski definition) is 0. The van der Waals surface area contributed by atoms with E-state index in [9.17, 15) is 0 Å². The molecule has 0 N–H and O–H groups in total. The van der Waals surface area contributed by atoms with Gasteiger partial charge in [-0.3, -0.25) is 9.97 Å². The summed E-state index contributed by atoms with van der Waals surface area (Å²) in [5, 5.41) is 4.90. The minimum atomic E-state index is 0.737. The van der Waals surface area contributed by atoms with E-state index in [0.717, 1.165) is 63.2 Å². The van der Waals surface area contributed by atoms with Crippen molar-refractivity contribution in [3.8, 4) is 11.5 Å². The number of ether oxygens (including phenoxy) is 2. The van der Waals surface area contributed by atoms with Gasteiger partial charge in [0.25, 0.3) is 0 Å². The van der Waals surface area contributed by atoms with E-state index in [1.54, 1.807) is 0 Å². The first-order valence-electron chi connectivity index (χ1n) is 14.9. The molecule has 6 rings (SSSR count). The summed E-state index contributed by atoms with van der Waals surface area (Å²) in [6, 6.07) is 33.8. The Morgan fingerprint density at radius 2 is 0.857 bits per heavy atom. The molecule has 42 heavy (non-hydrogen) atoms. The van der Waals surface area contributed by atoms with Crippen molar-refractivity contribution in [2.75, 3.05) is 13.2 Å². The number of unbranched alkanes of at least 4 members (excludes halogenated alkanes) is 3. The van der Waals surface area contributed by atoms with E-state index >= 15 is 0 Å². The van der Waals surface area contributed by atoms with E-state index in [1.807, 2.05) is 24.8 Å². The smallest absolute Gasteiger partial charge is 0.119 e. The number of nitrogens with zero attached hydrogens (tertiary/aromatic N) is 2. The molecule has 0 aliphatic heterocycles. The van der Waals surface area contributed by atoms with Gasteiger partial charge in [-0.05, 0) is 95.8 Å². The molecule has 0 saturated carbocycles. The van der Waals surface area contributed by atoms with Gasteiger partial charge in [-0.25, -0.2) is 0 Å². The second kappa shape index (κ2) is 13.8. The topological polar surface area (TPSA) is 44.2 Å². The fourth-order valence-electron chi connectivity index (χ4n) is 5.42. The van der Waals surface area contributed by atoms with Crippen LogP contribution in [0.25, 0.3) is 21.5 Å². The summed E-state index contributed by atoms with van der Waals surface area (Å²) in [5.41, 5.74) is 5.02. The fourth-order valence-corrected chi connectivity index (χ4v) is 5.42. The van der Waals surface area contributed by atoms with Gasteiger partial charge in [0.1, 0.15) is 11.5 Å². The zero-order valence-electron chi connectivity index (χ0n) is 23.9. The maximum atomic E-state index is 5.99. The first kappa shape index (κ1) is 27.5. The molecule has 0 saturated heterocycles. The van der Waals surface area contributed by atoms with Gasteiger partial charge >= 0.3 is 0 Å². The zero-order valence-corrected chi connectivity index (χ0v) is 23.9. The first-order chi connectivity index (χ1) is 20.8. The SMILES string of the molecule is c1ccc2c(Cc3ccc(OCCCCCCOc4ccc(Cc5cncc6ccccc56)cc4)cc3)cncc2c1. The number of aromatic nitrogens is 2. The molecule has 0 bridgehead atoms. The molecule has 2 aromatic heterocycles. The normalized spacial score (nSPS) is 11.1. The van der Waals surface area contributed by atoms with Crippen LogP contribution in [0.3, 0.4) is 0 Å². The van der Waals surface area contributed by atoms with Gasteiger partial charge in [0.05, 0.1) is 13.2 Å². The molecule has 6 aromatic rings. The molecule has 2 heterocycles. The van der Waals surface area contributed by atoms with Gasteiger partial charge in [0.15, 0.2) is 0 Å². The largest absolute Gasteiger partial charge is 0.494 e. The second-order valence-electron chi connectivity index (χ2n) is 10.8. The summed E-state index contributed by atoms with van der Waals surface area (Å²) in [4.78, 5) is 8.82. The Labute approximate surface area is 248 Å². The zero-order chi connectivity index (χ0) is 28.4. The second-order valence-corrected chi connectivity index (χ2v) is 10.8. The molecule has 0 amide bonds. The molecule has 0 aliphatic carbocycles. The summed E-state index contributed by atoms with van der Waals surface area (Å²) in [6.45, 7) is 1.47. The lowest BCUT2D eigenvalue weighted by atomic mass is 10.0. The van der Waals surface area contributed by atoms with Gasteiger partial charge in [0.2, 0.25) is 0 Å². The van der Waals surface area contributed by atoms with E-state index in [2.05, 4.69) is 107 Å². The summed E-state index contributed by atoms with van der Waals surface area (Å²) >= 11 is 0.